The Morgan fingerprint density at radius 2 is 1.42 bits per heavy atom. The summed E-state index contributed by atoms with van der Waals surface area (Å²) < 4.78 is 1.93. The molecule has 5 nitrogen and oxygen atoms in total. The number of aryl methyl sites for hydroxylation is 1. The Kier molecular flexibility index (Phi) is 4.39. The summed E-state index contributed by atoms with van der Waals surface area (Å²) in [5.74, 6) is 0.204. The predicted octanol–water partition coefficient (Wildman–Crippen LogP) is 4.35. The molecule has 2 aromatic heterocycles. The van der Waals surface area contributed by atoms with Gasteiger partial charge in [0.25, 0.3) is 0 Å². The minimum atomic E-state index is 0.204. The summed E-state index contributed by atoms with van der Waals surface area (Å²) in [6, 6.07) is 14.9. The smallest absolute Gasteiger partial charge is 0.195 e. The molecule has 0 saturated carbocycles. The molecule has 0 saturated heterocycles. The van der Waals surface area contributed by atoms with E-state index >= 15 is 0 Å². The zero-order valence-electron chi connectivity index (χ0n) is 12.5. The van der Waals surface area contributed by atoms with Crippen LogP contribution < -0.4 is 0 Å². The minimum Gasteiger partial charge on any atom is -0.508 e. The van der Waals surface area contributed by atoms with Crippen LogP contribution in [0, 0.1) is 29.6 Å². The maximum absolute atomic E-state index is 9.11. The summed E-state index contributed by atoms with van der Waals surface area (Å²) >= 11 is 2.72. The topological polar surface area (TPSA) is 93.6 Å². The third-order valence-corrected chi connectivity index (χ3v) is 4.95. The van der Waals surface area contributed by atoms with Crippen molar-refractivity contribution in [2.24, 2.45) is 0 Å². The van der Waals surface area contributed by atoms with Crippen LogP contribution in [0.5, 0.6) is 5.75 Å². The Bertz CT molecular complexity index is 1030. The lowest BCUT2D eigenvalue weighted by atomic mass is 10.2. The van der Waals surface area contributed by atoms with Crippen LogP contribution >= 0.6 is 22.7 Å². The van der Waals surface area contributed by atoms with Crippen LogP contribution in [-0.2, 0) is 0 Å². The number of benzene rings is 2. The monoisotopic (exact) mass is 350 g/mol. The lowest BCUT2D eigenvalue weighted by Gasteiger charge is -1.88. The molecule has 0 aliphatic heterocycles. The molecule has 0 amide bonds. The van der Waals surface area contributed by atoms with Crippen LogP contribution in [-0.4, -0.2) is 15.1 Å². The molecule has 7 heteroatoms. The van der Waals surface area contributed by atoms with Crippen molar-refractivity contribution < 1.29 is 5.11 Å². The molecular formula is C17H10N4OS2. The van der Waals surface area contributed by atoms with E-state index in [0.717, 1.165) is 20.4 Å². The van der Waals surface area contributed by atoms with Gasteiger partial charge in [-0.2, -0.15) is 10.5 Å². The van der Waals surface area contributed by atoms with Crippen LogP contribution in [0.2, 0.25) is 0 Å². The van der Waals surface area contributed by atoms with E-state index in [1.165, 1.54) is 28.2 Å². The second kappa shape index (κ2) is 6.63. The van der Waals surface area contributed by atoms with Gasteiger partial charge in [-0.15, -0.1) is 22.7 Å². The molecule has 4 aromatic rings. The lowest BCUT2D eigenvalue weighted by molar-refractivity contribution is 0.476. The van der Waals surface area contributed by atoms with E-state index in [2.05, 4.69) is 9.97 Å². The number of fused-ring (bicyclic) bond motifs is 2. The molecule has 0 radical (unpaired) electrons. The summed E-state index contributed by atoms with van der Waals surface area (Å²) in [6.45, 7) is 2.03. The average molecular weight is 350 g/mol. The molecule has 2 aromatic carbocycles. The van der Waals surface area contributed by atoms with Crippen LogP contribution in [0.15, 0.2) is 36.4 Å². The Hall–Kier alpha value is -3.00. The molecule has 1 N–H and O–H groups in total. The normalized spacial score (nSPS) is 9.96. The number of hydrogen-bond donors (Lipinski definition) is 1. The summed E-state index contributed by atoms with van der Waals surface area (Å²) in [6.07, 6.45) is 0. The van der Waals surface area contributed by atoms with E-state index in [1.807, 2.05) is 37.3 Å². The van der Waals surface area contributed by atoms with Gasteiger partial charge in [0.2, 0.25) is 0 Å². The zero-order chi connectivity index (χ0) is 17.1. The first kappa shape index (κ1) is 15.9. The Morgan fingerprint density at radius 3 is 2.00 bits per heavy atom. The van der Waals surface area contributed by atoms with E-state index in [0.29, 0.717) is 10.0 Å². The fraction of sp³-hybridized carbons (Fsp3) is 0.0588. The maximum atomic E-state index is 9.11. The van der Waals surface area contributed by atoms with Crippen molar-refractivity contribution in [3.63, 3.8) is 0 Å². The van der Waals surface area contributed by atoms with Gasteiger partial charge in [-0.3, -0.25) is 0 Å². The van der Waals surface area contributed by atoms with Gasteiger partial charge in [-0.25, -0.2) is 9.97 Å². The van der Waals surface area contributed by atoms with Gasteiger partial charge in [0.05, 0.1) is 20.4 Å². The van der Waals surface area contributed by atoms with Gasteiger partial charge in [-0.05, 0) is 42.8 Å². The van der Waals surface area contributed by atoms with E-state index < -0.39 is 0 Å². The second-order valence-electron chi connectivity index (χ2n) is 4.88. The van der Waals surface area contributed by atoms with Crippen molar-refractivity contribution in [3.05, 3.63) is 52.0 Å². The summed E-state index contributed by atoms with van der Waals surface area (Å²) in [7, 11) is 0. The molecule has 0 spiro atoms. The van der Waals surface area contributed by atoms with Gasteiger partial charge >= 0.3 is 0 Å². The fourth-order valence-electron chi connectivity index (χ4n) is 2.04. The Balaban J connectivity index is 0.000000141. The van der Waals surface area contributed by atoms with Gasteiger partial charge in [0.1, 0.15) is 17.9 Å². The standard InChI is InChI=1S/C9H6N2S.C8H4N2OS/c1-6-2-3-7-8(4-6)12-9(5-10)11-7;9-4-8-10-6-2-1-5(11)3-7(6)12-8/h2-4H,1H3;1-3,11H. The van der Waals surface area contributed by atoms with E-state index in [4.69, 9.17) is 15.6 Å². The molecule has 2 heterocycles. The molecule has 4 rings (SSSR count). The van der Waals surface area contributed by atoms with Crippen molar-refractivity contribution >= 4 is 43.1 Å². The van der Waals surface area contributed by atoms with Crippen molar-refractivity contribution in [3.8, 4) is 17.9 Å². The molecular weight excluding hydrogens is 340 g/mol. The van der Waals surface area contributed by atoms with Crippen LogP contribution in [0.4, 0.5) is 0 Å². The first-order valence-electron chi connectivity index (χ1n) is 6.86. The van der Waals surface area contributed by atoms with Crippen molar-refractivity contribution in [2.45, 2.75) is 6.92 Å². The highest BCUT2D eigenvalue weighted by Gasteiger charge is 2.02. The number of nitrogens with zero attached hydrogens (tertiary/aromatic N) is 4. The van der Waals surface area contributed by atoms with E-state index in [-0.39, 0.29) is 5.75 Å². The number of thiazole rings is 2. The number of rotatable bonds is 0. The lowest BCUT2D eigenvalue weighted by Crippen LogP contribution is -1.71. The molecule has 0 unspecified atom stereocenters. The number of phenols is 1. The first-order chi connectivity index (χ1) is 11.6. The van der Waals surface area contributed by atoms with Crippen molar-refractivity contribution in [2.75, 3.05) is 0 Å². The second-order valence-corrected chi connectivity index (χ2v) is 6.95. The van der Waals surface area contributed by atoms with Gasteiger partial charge in [0.15, 0.2) is 10.0 Å². The highest BCUT2D eigenvalue weighted by atomic mass is 32.1. The van der Waals surface area contributed by atoms with Crippen LogP contribution in [0.3, 0.4) is 0 Å². The largest absolute Gasteiger partial charge is 0.508 e. The number of hydrogen-bond acceptors (Lipinski definition) is 7. The molecule has 0 atom stereocenters. The number of aromatic hydroxyl groups is 1. The summed E-state index contributed by atoms with van der Waals surface area (Å²) in [5.41, 5.74) is 2.88. The highest BCUT2D eigenvalue weighted by Crippen LogP contribution is 2.25. The van der Waals surface area contributed by atoms with Crippen LogP contribution in [0.25, 0.3) is 20.4 Å². The fourth-order valence-corrected chi connectivity index (χ4v) is 3.70. The number of nitriles is 2. The number of phenolic OH excluding ortho intramolecular Hbond substituents is 1. The third kappa shape index (κ3) is 3.33. The van der Waals surface area contributed by atoms with Crippen molar-refractivity contribution in [1.82, 2.24) is 9.97 Å². The number of aromatic nitrogens is 2. The summed E-state index contributed by atoms with van der Waals surface area (Å²) in [4.78, 5) is 8.15. The molecule has 0 fully saturated rings. The quantitative estimate of drug-likeness (QED) is 0.509. The van der Waals surface area contributed by atoms with E-state index in [1.54, 1.807) is 18.2 Å². The van der Waals surface area contributed by atoms with E-state index in [9.17, 15) is 0 Å². The third-order valence-electron chi connectivity index (χ3n) is 3.11. The highest BCUT2D eigenvalue weighted by molar-refractivity contribution is 7.19. The average Bonchev–Trinajstić information content (AvgIpc) is 3.17. The van der Waals surface area contributed by atoms with Gasteiger partial charge in [-0.1, -0.05) is 6.07 Å². The SMILES string of the molecule is Cc1ccc2nc(C#N)sc2c1.N#Cc1nc2ccc(O)cc2s1. The first-order valence-corrected chi connectivity index (χ1v) is 8.49. The maximum Gasteiger partial charge on any atom is 0.195 e. The Morgan fingerprint density at radius 1 is 0.875 bits per heavy atom. The predicted molar refractivity (Wildman–Crippen MR) is 95.1 cm³/mol. The molecule has 116 valence electrons. The minimum absolute atomic E-state index is 0.204. The summed E-state index contributed by atoms with van der Waals surface area (Å²) in [5, 5.41) is 27.2. The molecule has 0 aliphatic rings. The molecule has 0 bridgehead atoms. The Labute approximate surface area is 145 Å². The zero-order valence-corrected chi connectivity index (χ0v) is 14.1. The molecule has 24 heavy (non-hydrogen) atoms. The van der Waals surface area contributed by atoms with Gasteiger partial charge < -0.3 is 5.11 Å². The van der Waals surface area contributed by atoms with Gasteiger partial charge in [0, 0.05) is 0 Å². The van der Waals surface area contributed by atoms with Crippen LogP contribution in [0.1, 0.15) is 15.6 Å². The molecule has 0 aliphatic carbocycles. The van der Waals surface area contributed by atoms with Crippen molar-refractivity contribution in [1.29, 1.82) is 10.5 Å².